The molecule has 0 aliphatic carbocycles. The van der Waals surface area contributed by atoms with Crippen LogP contribution in [0.3, 0.4) is 0 Å². The summed E-state index contributed by atoms with van der Waals surface area (Å²) in [7, 11) is 0. The number of aromatic nitrogens is 3. The Hall–Kier alpha value is -3.09. The van der Waals surface area contributed by atoms with E-state index in [0.29, 0.717) is 12.4 Å². The molecule has 0 saturated carbocycles. The zero-order chi connectivity index (χ0) is 18.8. The highest BCUT2D eigenvalue weighted by molar-refractivity contribution is 5.94. The fraction of sp³-hybridized carbons (Fsp3) is 0.250. The first kappa shape index (κ1) is 17.3. The largest absolute Gasteiger partial charge is 0.328 e. The van der Waals surface area contributed by atoms with Gasteiger partial charge in [0.25, 0.3) is 5.91 Å². The highest BCUT2D eigenvalue weighted by atomic mass is 19.2. The minimum absolute atomic E-state index is 0.131. The standard InChI is InChI=1S/C20H18F2N4O/c21-16-10-9-14(12-17(16)22)20(27)25-11-5-4-8-18(25)19-24-23-13-26(19)15-6-2-1-3-7-15/h1-3,6-7,9-10,12-13,18H,4-5,8,11H2. The number of carbonyl (C=O) groups is 1. The second kappa shape index (κ2) is 7.26. The summed E-state index contributed by atoms with van der Waals surface area (Å²) in [4.78, 5) is 14.7. The monoisotopic (exact) mass is 368 g/mol. The zero-order valence-corrected chi connectivity index (χ0v) is 14.6. The molecule has 0 radical (unpaired) electrons. The van der Waals surface area contributed by atoms with E-state index < -0.39 is 11.6 Å². The molecule has 0 spiro atoms. The van der Waals surface area contributed by atoms with E-state index in [1.807, 2.05) is 34.9 Å². The Morgan fingerprint density at radius 2 is 1.85 bits per heavy atom. The lowest BCUT2D eigenvalue weighted by Gasteiger charge is -2.35. The summed E-state index contributed by atoms with van der Waals surface area (Å²) in [6.07, 6.45) is 4.17. The predicted molar refractivity (Wildman–Crippen MR) is 95.3 cm³/mol. The molecule has 27 heavy (non-hydrogen) atoms. The Kier molecular flexibility index (Phi) is 4.66. The second-order valence-corrected chi connectivity index (χ2v) is 6.53. The van der Waals surface area contributed by atoms with E-state index in [1.165, 1.54) is 6.07 Å². The molecular formula is C20H18F2N4O. The van der Waals surface area contributed by atoms with E-state index in [9.17, 15) is 13.6 Å². The molecule has 1 aromatic heterocycles. The van der Waals surface area contributed by atoms with Crippen molar-refractivity contribution in [2.24, 2.45) is 0 Å². The topological polar surface area (TPSA) is 51.0 Å². The first-order chi connectivity index (χ1) is 13.1. The van der Waals surface area contributed by atoms with Crippen LogP contribution in [-0.2, 0) is 0 Å². The minimum Gasteiger partial charge on any atom is -0.328 e. The normalized spacial score (nSPS) is 17.1. The Morgan fingerprint density at radius 1 is 1.04 bits per heavy atom. The zero-order valence-electron chi connectivity index (χ0n) is 14.6. The van der Waals surface area contributed by atoms with Crippen LogP contribution in [0.5, 0.6) is 0 Å². The molecule has 1 atom stereocenters. The quantitative estimate of drug-likeness (QED) is 0.704. The average Bonchev–Trinajstić information content (AvgIpc) is 3.20. The van der Waals surface area contributed by atoms with E-state index in [-0.39, 0.29) is 17.5 Å². The predicted octanol–water partition coefficient (Wildman–Crippen LogP) is 3.91. The SMILES string of the molecule is O=C(c1ccc(F)c(F)c1)N1CCCCC1c1nncn1-c1ccccc1. The van der Waals surface area contributed by atoms with Gasteiger partial charge < -0.3 is 4.90 Å². The van der Waals surface area contributed by atoms with Crippen molar-refractivity contribution in [2.75, 3.05) is 6.54 Å². The summed E-state index contributed by atoms with van der Waals surface area (Å²) in [6, 6.07) is 12.6. The van der Waals surface area contributed by atoms with Gasteiger partial charge in [-0.25, -0.2) is 8.78 Å². The van der Waals surface area contributed by atoms with Gasteiger partial charge in [-0.1, -0.05) is 18.2 Å². The maximum atomic E-state index is 13.6. The molecule has 0 bridgehead atoms. The number of likely N-dealkylation sites (tertiary alicyclic amines) is 1. The number of nitrogens with zero attached hydrogens (tertiary/aromatic N) is 4. The van der Waals surface area contributed by atoms with E-state index in [4.69, 9.17) is 0 Å². The van der Waals surface area contributed by atoms with Crippen molar-refractivity contribution >= 4 is 5.91 Å². The summed E-state index contributed by atoms with van der Waals surface area (Å²) in [6.45, 7) is 0.532. The molecule has 1 fully saturated rings. The summed E-state index contributed by atoms with van der Waals surface area (Å²) in [5.74, 6) is -1.66. The third-order valence-electron chi connectivity index (χ3n) is 4.84. The van der Waals surface area contributed by atoms with Crippen LogP contribution in [-0.4, -0.2) is 32.1 Å². The van der Waals surface area contributed by atoms with E-state index in [0.717, 1.165) is 37.1 Å². The van der Waals surface area contributed by atoms with Crippen LogP contribution in [0.2, 0.25) is 0 Å². The van der Waals surface area contributed by atoms with Gasteiger partial charge in [0.1, 0.15) is 6.33 Å². The number of piperidine rings is 1. The smallest absolute Gasteiger partial charge is 0.254 e. The molecule has 0 N–H and O–H groups in total. The maximum absolute atomic E-state index is 13.6. The number of halogens is 2. The molecule has 1 unspecified atom stereocenters. The summed E-state index contributed by atoms with van der Waals surface area (Å²) < 4.78 is 28.7. The van der Waals surface area contributed by atoms with Gasteiger partial charge in [-0.3, -0.25) is 9.36 Å². The molecule has 7 heteroatoms. The fourth-order valence-corrected chi connectivity index (χ4v) is 3.50. The molecule has 138 valence electrons. The van der Waals surface area contributed by atoms with Crippen molar-refractivity contribution in [3.63, 3.8) is 0 Å². The lowest BCUT2D eigenvalue weighted by molar-refractivity contribution is 0.0597. The highest BCUT2D eigenvalue weighted by Crippen LogP contribution is 2.32. The lowest BCUT2D eigenvalue weighted by atomic mass is 9.99. The molecule has 3 aromatic rings. The van der Waals surface area contributed by atoms with E-state index >= 15 is 0 Å². The van der Waals surface area contributed by atoms with E-state index in [2.05, 4.69) is 10.2 Å². The number of benzene rings is 2. The molecule has 1 saturated heterocycles. The molecule has 4 rings (SSSR count). The van der Waals surface area contributed by atoms with Crippen LogP contribution in [0, 0.1) is 11.6 Å². The van der Waals surface area contributed by atoms with Crippen LogP contribution in [0.1, 0.15) is 41.5 Å². The molecule has 1 aliphatic rings. The molecule has 1 amide bonds. The van der Waals surface area contributed by atoms with Crippen LogP contribution in [0.15, 0.2) is 54.9 Å². The average molecular weight is 368 g/mol. The second-order valence-electron chi connectivity index (χ2n) is 6.53. The lowest BCUT2D eigenvalue weighted by Crippen LogP contribution is -2.39. The Bertz CT molecular complexity index is 958. The van der Waals surface area contributed by atoms with Gasteiger partial charge in [-0.05, 0) is 49.6 Å². The first-order valence-electron chi connectivity index (χ1n) is 8.86. The van der Waals surface area contributed by atoms with Gasteiger partial charge in [-0.2, -0.15) is 0 Å². The van der Waals surface area contributed by atoms with Crippen molar-refractivity contribution in [1.82, 2.24) is 19.7 Å². The Balaban J connectivity index is 1.69. The summed E-state index contributed by atoms with van der Waals surface area (Å²) >= 11 is 0. The van der Waals surface area contributed by atoms with Crippen molar-refractivity contribution in [3.8, 4) is 5.69 Å². The number of amides is 1. The third kappa shape index (κ3) is 3.32. The van der Waals surface area contributed by atoms with Gasteiger partial charge in [-0.15, -0.1) is 10.2 Å². The minimum atomic E-state index is -1.03. The van der Waals surface area contributed by atoms with Crippen molar-refractivity contribution in [2.45, 2.75) is 25.3 Å². The van der Waals surface area contributed by atoms with Gasteiger partial charge in [0.15, 0.2) is 17.5 Å². The van der Waals surface area contributed by atoms with Crippen LogP contribution in [0.4, 0.5) is 8.78 Å². The molecular weight excluding hydrogens is 350 g/mol. The number of para-hydroxylation sites is 1. The number of rotatable bonds is 3. The third-order valence-corrected chi connectivity index (χ3v) is 4.84. The molecule has 2 heterocycles. The maximum Gasteiger partial charge on any atom is 0.254 e. The van der Waals surface area contributed by atoms with Crippen molar-refractivity contribution < 1.29 is 13.6 Å². The van der Waals surface area contributed by atoms with Gasteiger partial charge in [0.2, 0.25) is 0 Å². The first-order valence-corrected chi connectivity index (χ1v) is 8.86. The van der Waals surface area contributed by atoms with Crippen molar-refractivity contribution in [1.29, 1.82) is 0 Å². The van der Waals surface area contributed by atoms with Gasteiger partial charge in [0, 0.05) is 17.8 Å². The number of hydrogen-bond acceptors (Lipinski definition) is 3. The van der Waals surface area contributed by atoms with Crippen LogP contribution < -0.4 is 0 Å². The Morgan fingerprint density at radius 3 is 2.63 bits per heavy atom. The molecule has 5 nitrogen and oxygen atoms in total. The summed E-state index contributed by atoms with van der Waals surface area (Å²) in [5, 5.41) is 8.29. The summed E-state index contributed by atoms with van der Waals surface area (Å²) in [5.41, 5.74) is 1.04. The highest BCUT2D eigenvalue weighted by Gasteiger charge is 2.32. The Labute approximate surface area is 155 Å². The number of hydrogen-bond donors (Lipinski definition) is 0. The van der Waals surface area contributed by atoms with Gasteiger partial charge >= 0.3 is 0 Å². The number of carbonyl (C=O) groups excluding carboxylic acids is 1. The van der Waals surface area contributed by atoms with Crippen LogP contribution >= 0.6 is 0 Å². The molecule has 2 aromatic carbocycles. The molecule has 1 aliphatic heterocycles. The van der Waals surface area contributed by atoms with E-state index in [1.54, 1.807) is 11.2 Å². The van der Waals surface area contributed by atoms with Gasteiger partial charge in [0.05, 0.1) is 6.04 Å². The van der Waals surface area contributed by atoms with Crippen molar-refractivity contribution in [3.05, 3.63) is 77.9 Å². The van der Waals surface area contributed by atoms with Crippen LogP contribution in [0.25, 0.3) is 5.69 Å². The fourth-order valence-electron chi connectivity index (χ4n) is 3.50.